The zero-order valence-electron chi connectivity index (χ0n) is 10.6. The van der Waals surface area contributed by atoms with Gasteiger partial charge in [0, 0.05) is 6.54 Å². The van der Waals surface area contributed by atoms with E-state index >= 15 is 0 Å². The van der Waals surface area contributed by atoms with Crippen molar-refractivity contribution in [3.63, 3.8) is 0 Å². The molecular weight excluding hydrogens is 234 g/mol. The smallest absolute Gasteiger partial charge is 0.129 e. The zero-order valence-corrected chi connectivity index (χ0v) is 10.6. The number of rotatable bonds is 8. The Kier molecular flexibility index (Phi) is 5.84. The van der Waals surface area contributed by atoms with Crippen LogP contribution in [-0.2, 0) is 0 Å². The van der Waals surface area contributed by atoms with E-state index in [1.54, 1.807) is 6.07 Å². The van der Waals surface area contributed by atoms with Crippen molar-refractivity contribution in [1.29, 1.82) is 0 Å². The van der Waals surface area contributed by atoms with Gasteiger partial charge in [0.15, 0.2) is 0 Å². The molecule has 6 nitrogen and oxygen atoms in total. The van der Waals surface area contributed by atoms with Gasteiger partial charge in [-0.25, -0.2) is 4.98 Å². The fourth-order valence-electron chi connectivity index (χ4n) is 1.40. The second-order valence-electron chi connectivity index (χ2n) is 4.21. The van der Waals surface area contributed by atoms with E-state index in [1.807, 2.05) is 12.1 Å². The SMILES string of the molecule is CCCNc1cccc(NC(CO)(CO)CO)n1. The van der Waals surface area contributed by atoms with Crippen molar-refractivity contribution in [3.05, 3.63) is 18.2 Å². The predicted molar refractivity (Wildman–Crippen MR) is 70.6 cm³/mol. The lowest BCUT2D eigenvalue weighted by Crippen LogP contribution is -2.49. The highest BCUT2D eigenvalue weighted by Crippen LogP contribution is 2.15. The molecule has 102 valence electrons. The van der Waals surface area contributed by atoms with Crippen LogP contribution < -0.4 is 10.6 Å². The molecule has 0 aliphatic heterocycles. The van der Waals surface area contributed by atoms with Crippen LogP contribution in [0.25, 0.3) is 0 Å². The molecule has 0 aromatic carbocycles. The van der Waals surface area contributed by atoms with E-state index in [-0.39, 0.29) is 19.8 Å². The number of aromatic nitrogens is 1. The first kappa shape index (κ1) is 14.7. The van der Waals surface area contributed by atoms with Crippen LogP contribution in [0.5, 0.6) is 0 Å². The summed E-state index contributed by atoms with van der Waals surface area (Å²) in [6.07, 6.45) is 0.993. The van der Waals surface area contributed by atoms with E-state index in [4.69, 9.17) is 0 Å². The number of anilines is 2. The van der Waals surface area contributed by atoms with Crippen LogP contribution in [0.4, 0.5) is 11.6 Å². The number of pyridine rings is 1. The minimum absolute atomic E-state index is 0.381. The van der Waals surface area contributed by atoms with Crippen molar-refractivity contribution in [3.8, 4) is 0 Å². The third kappa shape index (κ3) is 3.83. The summed E-state index contributed by atoms with van der Waals surface area (Å²) in [5.41, 5.74) is -1.16. The van der Waals surface area contributed by atoms with Gasteiger partial charge < -0.3 is 26.0 Å². The summed E-state index contributed by atoms with van der Waals surface area (Å²) in [6, 6.07) is 5.36. The second kappa shape index (κ2) is 7.15. The minimum atomic E-state index is -1.16. The lowest BCUT2D eigenvalue weighted by molar-refractivity contribution is 0.0831. The molecule has 1 aromatic heterocycles. The summed E-state index contributed by atoms with van der Waals surface area (Å²) < 4.78 is 0. The van der Waals surface area contributed by atoms with Crippen LogP contribution in [0.3, 0.4) is 0 Å². The zero-order chi connectivity index (χ0) is 13.4. The summed E-state index contributed by atoms with van der Waals surface area (Å²) in [5, 5.41) is 33.7. The van der Waals surface area contributed by atoms with E-state index in [0.29, 0.717) is 11.6 Å². The number of nitrogens with one attached hydrogen (secondary N) is 2. The number of hydrogen-bond donors (Lipinski definition) is 5. The van der Waals surface area contributed by atoms with Gasteiger partial charge in [-0.3, -0.25) is 0 Å². The molecule has 0 fully saturated rings. The summed E-state index contributed by atoms with van der Waals surface area (Å²) in [5.74, 6) is 1.21. The fraction of sp³-hybridized carbons (Fsp3) is 0.583. The second-order valence-corrected chi connectivity index (χ2v) is 4.21. The Labute approximate surface area is 107 Å². The maximum atomic E-state index is 9.22. The maximum absolute atomic E-state index is 9.22. The molecule has 0 saturated carbocycles. The quantitative estimate of drug-likeness (QED) is 0.450. The van der Waals surface area contributed by atoms with E-state index in [1.165, 1.54) is 0 Å². The lowest BCUT2D eigenvalue weighted by Gasteiger charge is -2.29. The number of aliphatic hydroxyl groups excluding tert-OH is 3. The van der Waals surface area contributed by atoms with Gasteiger partial charge >= 0.3 is 0 Å². The number of aliphatic hydroxyl groups is 3. The first-order valence-corrected chi connectivity index (χ1v) is 6.01. The predicted octanol–water partition coefficient (Wildman–Crippen LogP) is 0.0311. The molecule has 0 bridgehead atoms. The Morgan fingerprint density at radius 1 is 1.11 bits per heavy atom. The van der Waals surface area contributed by atoms with Crippen LogP contribution in [0.1, 0.15) is 13.3 Å². The van der Waals surface area contributed by atoms with Gasteiger partial charge in [-0.15, -0.1) is 0 Å². The highest BCUT2D eigenvalue weighted by atomic mass is 16.3. The number of nitrogens with zero attached hydrogens (tertiary/aromatic N) is 1. The Balaban J connectivity index is 2.77. The van der Waals surface area contributed by atoms with Crippen LogP contribution in [0.2, 0.25) is 0 Å². The van der Waals surface area contributed by atoms with Crippen molar-refractivity contribution in [1.82, 2.24) is 4.98 Å². The average Bonchev–Trinajstić information content (AvgIpc) is 2.43. The van der Waals surface area contributed by atoms with Crippen LogP contribution in [-0.4, -0.2) is 52.2 Å². The van der Waals surface area contributed by atoms with Crippen LogP contribution >= 0.6 is 0 Å². The van der Waals surface area contributed by atoms with E-state index in [0.717, 1.165) is 13.0 Å². The molecule has 6 heteroatoms. The largest absolute Gasteiger partial charge is 0.394 e. The summed E-state index contributed by atoms with van der Waals surface area (Å²) >= 11 is 0. The highest BCUT2D eigenvalue weighted by Gasteiger charge is 2.28. The summed E-state index contributed by atoms with van der Waals surface area (Å²) in [6.45, 7) is 1.74. The van der Waals surface area contributed by atoms with Gasteiger partial charge in [0.05, 0.1) is 19.8 Å². The molecule has 0 radical (unpaired) electrons. The fourth-order valence-corrected chi connectivity index (χ4v) is 1.40. The molecule has 0 spiro atoms. The summed E-state index contributed by atoms with van der Waals surface area (Å²) in [7, 11) is 0. The molecule has 0 amide bonds. The third-order valence-electron chi connectivity index (χ3n) is 2.61. The van der Waals surface area contributed by atoms with Gasteiger partial charge in [0.1, 0.15) is 17.2 Å². The molecule has 0 aliphatic rings. The van der Waals surface area contributed by atoms with E-state index < -0.39 is 5.54 Å². The maximum Gasteiger partial charge on any atom is 0.129 e. The Morgan fingerprint density at radius 2 is 1.72 bits per heavy atom. The lowest BCUT2D eigenvalue weighted by atomic mass is 10.0. The third-order valence-corrected chi connectivity index (χ3v) is 2.61. The molecule has 1 aromatic rings. The van der Waals surface area contributed by atoms with Gasteiger partial charge in [0.25, 0.3) is 0 Å². The Bertz CT molecular complexity index is 348. The average molecular weight is 255 g/mol. The normalized spacial score (nSPS) is 11.3. The van der Waals surface area contributed by atoms with Gasteiger partial charge in [-0.2, -0.15) is 0 Å². The molecule has 1 rings (SSSR count). The molecule has 18 heavy (non-hydrogen) atoms. The monoisotopic (exact) mass is 255 g/mol. The molecule has 0 atom stereocenters. The van der Waals surface area contributed by atoms with Crippen molar-refractivity contribution >= 4 is 11.6 Å². The molecule has 0 aliphatic carbocycles. The number of hydrogen-bond acceptors (Lipinski definition) is 6. The minimum Gasteiger partial charge on any atom is -0.394 e. The van der Waals surface area contributed by atoms with E-state index in [9.17, 15) is 15.3 Å². The van der Waals surface area contributed by atoms with Crippen molar-refractivity contribution in [2.45, 2.75) is 18.9 Å². The molecule has 0 unspecified atom stereocenters. The van der Waals surface area contributed by atoms with Gasteiger partial charge in [-0.1, -0.05) is 13.0 Å². The topological polar surface area (TPSA) is 97.6 Å². The van der Waals surface area contributed by atoms with E-state index in [2.05, 4.69) is 22.5 Å². The Morgan fingerprint density at radius 3 is 2.28 bits per heavy atom. The molecule has 1 heterocycles. The van der Waals surface area contributed by atoms with Crippen molar-refractivity contribution in [2.75, 3.05) is 37.0 Å². The van der Waals surface area contributed by atoms with Crippen molar-refractivity contribution < 1.29 is 15.3 Å². The molecule has 0 saturated heterocycles. The van der Waals surface area contributed by atoms with Gasteiger partial charge in [-0.05, 0) is 18.6 Å². The van der Waals surface area contributed by atoms with Gasteiger partial charge in [0.2, 0.25) is 0 Å². The molecule has 5 N–H and O–H groups in total. The first-order valence-electron chi connectivity index (χ1n) is 6.01. The van der Waals surface area contributed by atoms with Crippen LogP contribution in [0.15, 0.2) is 18.2 Å². The highest BCUT2D eigenvalue weighted by molar-refractivity contribution is 5.46. The summed E-state index contributed by atoms with van der Waals surface area (Å²) in [4.78, 5) is 4.28. The van der Waals surface area contributed by atoms with Crippen molar-refractivity contribution in [2.24, 2.45) is 0 Å². The first-order chi connectivity index (χ1) is 8.69. The van der Waals surface area contributed by atoms with Crippen LogP contribution in [0, 0.1) is 0 Å². The molecular formula is C12H21N3O3. The Hall–Kier alpha value is -1.37. The standard InChI is InChI=1S/C12H21N3O3/c1-2-6-13-10-4-3-5-11(14-10)15-12(7-16,8-17)9-18/h3-5,16-18H,2,6-9H2,1H3,(H2,13,14,15).